The SMILES string of the molecule is CC(C)(C)OP(=O)(OC[C@](C)(NC(=O)O)c1ccc2c(C(F)(F)F)c(OC3CCC(C4CCCCC4)CC3)ccc2c1)OC(C)(C)C. The van der Waals surface area contributed by atoms with Crippen molar-refractivity contribution in [3.05, 3.63) is 41.5 Å². The molecule has 2 aromatic carbocycles. The van der Waals surface area contributed by atoms with Gasteiger partial charge in [0, 0.05) is 0 Å². The van der Waals surface area contributed by atoms with Gasteiger partial charge < -0.3 is 15.2 Å². The largest absolute Gasteiger partial charge is 0.490 e. The molecular weight excluding hydrogens is 634 g/mol. The second kappa shape index (κ2) is 14.3. The van der Waals surface area contributed by atoms with Crippen LogP contribution in [0.25, 0.3) is 10.8 Å². The van der Waals surface area contributed by atoms with Crippen LogP contribution in [0, 0.1) is 11.8 Å². The number of amides is 1. The molecule has 8 nitrogen and oxygen atoms in total. The van der Waals surface area contributed by atoms with E-state index in [4.69, 9.17) is 18.3 Å². The maximum atomic E-state index is 14.6. The molecular formula is C35H51F3NO7P. The van der Waals surface area contributed by atoms with Crippen LogP contribution in [0.5, 0.6) is 5.75 Å². The number of nitrogens with one attached hydrogen (secondary N) is 1. The highest BCUT2D eigenvalue weighted by molar-refractivity contribution is 7.48. The van der Waals surface area contributed by atoms with Crippen molar-refractivity contribution in [3.8, 4) is 5.75 Å². The van der Waals surface area contributed by atoms with Crippen LogP contribution < -0.4 is 10.1 Å². The highest BCUT2D eigenvalue weighted by atomic mass is 31.2. The Morgan fingerprint density at radius 3 is 1.96 bits per heavy atom. The molecule has 0 saturated heterocycles. The molecule has 12 heteroatoms. The summed E-state index contributed by atoms with van der Waals surface area (Å²) < 4.78 is 80.7. The standard InChI is InChI=1S/C35H51F3NO7P/c1-32(2,3)45-47(42,46-33(4,5)6)43-22-34(7,39-31(40)41)26-16-19-28-25(21-26)15-20-29(30(28)35(36,37)38)44-27-17-13-24(14-18-27)23-11-9-8-10-12-23/h15-16,19-21,23-24,27,39H,8-14,17-18,22H2,1-7H3,(H,40,41)/t24?,27?,34-/m0/s1. The quantitative estimate of drug-likeness (QED) is 0.240. The third-order valence-electron chi connectivity index (χ3n) is 8.90. The van der Waals surface area contributed by atoms with Crippen molar-refractivity contribution in [1.29, 1.82) is 0 Å². The van der Waals surface area contributed by atoms with Gasteiger partial charge in [-0.25, -0.2) is 9.36 Å². The lowest BCUT2D eigenvalue weighted by Gasteiger charge is -2.36. The van der Waals surface area contributed by atoms with E-state index >= 15 is 0 Å². The second-order valence-corrected chi connectivity index (χ2v) is 16.8. The second-order valence-electron chi connectivity index (χ2n) is 15.3. The van der Waals surface area contributed by atoms with Crippen molar-refractivity contribution >= 4 is 24.7 Å². The summed E-state index contributed by atoms with van der Waals surface area (Å²) in [6.07, 6.45) is 3.37. The zero-order valence-electron chi connectivity index (χ0n) is 28.7. The number of halogens is 3. The van der Waals surface area contributed by atoms with Crippen molar-refractivity contribution in [2.24, 2.45) is 11.8 Å². The zero-order valence-corrected chi connectivity index (χ0v) is 29.6. The number of hydrogen-bond acceptors (Lipinski definition) is 6. The summed E-state index contributed by atoms with van der Waals surface area (Å²) in [7, 11) is -4.24. The van der Waals surface area contributed by atoms with Gasteiger partial charge >= 0.3 is 20.1 Å². The van der Waals surface area contributed by atoms with E-state index in [2.05, 4.69) is 5.32 Å². The Kier molecular flexibility index (Phi) is 11.4. The normalized spacial score (nSPS) is 21.7. The molecule has 0 heterocycles. The van der Waals surface area contributed by atoms with Gasteiger partial charge in [-0.15, -0.1) is 0 Å². The van der Waals surface area contributed by atoms with Crippen LogP contribution in [-0.2, 0) is 29.9 Å². The molecule has 0 aromatic heterocycles. The molecule has 2 fully saturated rings. The van der Waals surface area contributed by atoms with Crippen LogP contribution in [0.3, 0.4) is 0 Å². The number of alkyl halides is 3. The van der Waals surface area contributed by atoms with Gasteiger partial charge in [0.05, 0.1) is 29.5 Å². The number of hydrogen-bond donors (Lipinski definition) is 2. The van der Waals surface area contributed by atoms with Gasteiger partial charge in [0.15, 0.2) is 0 Å². The number of carbonyl (C=O) groups is 1. The molecule has 2 aliphatic carbocycles. The van der Waals surface area contributed by atoms with Crippen LogP contribution in [0.15, 0.2) is 30.3 Å². The van der Waals surface area contributed by atoms with Gasteiger partial charge in [-0.05, 0) is 114 Å². The third-order valence-corrected chi connectivity index (χ3v) is 10.9. The lowest BCUT2D eigenvalue weighted by molar-refractivity contribution is -0.138. The predicted molar refractivity (Wildman–Crippen MR) is 176 cm³/mol. The van der Waals surface area contributed by atoms with Crippen LogP contribution in [0.1, 0.15) is 117 Å². The first-order valence-electron chi connectivity index (χ1n) is 16.6. The molecule has 2 aromatic rings. The van der Waals surface area contributed by atoms with Crippen LogP contribution in [0.2, 0.25) is 0 Å². The summed E-state index contributed by atoms with van der Waals surface area (Å²) in [5, 5.41) is 12.3. The number of fused-ring (bicyclic) bond motifs is 1. The fourth-order valence-corrected chi connectivity index (χ4v) is 8.79. The van der Waals surface area contributed by atoms with Gasteiger partial charge in [0.1, 0.15) is 11.3 Å². The molecule has 0 unspecified atom stereocenters. The summed E-state index contributed by atoms with van der Waals surface area (Å²) in [4.78, 5) is 11.9. The van der Waals surface area contributed by atoms with Gasteiger partial charge in [-0.3, -0.25) is 13.6 Å². The molecule has 264 valence electrons. The van der Waals surface area contributed by atoms with Crippen molar-refractivity contribution in [3.63, 3.8) is 0 Å². The number of phosphoric acid groups is 1. The number of phosphoric ester groups is 1. The maximum Gasteiger partial charge on any atom is 0.475 e. The Morgan fingerprint density at radius 2 is 1.43 bits per heavy atom. The summed E-state index contributed by atoms with van der Waals surface area (Å²) >= 11 is 0. The zero-order chi connectivity index (χ0) is 34.8. The molecule has 0 bridgehead atoms. The number of rotatable bonds is 10. The van der Waals surface area contributed by atoms with E-state index in [0.717, 1.165) is 31.6 Å². The first kappa shape index (κ1) is 37.5. The van der Waals surface area contributed by atoms with Gasteiger partial charge in [0.25, 0.3) is 0 Å². The first-order chi connectivity index (χ1) is 21.7. The summed E-state index contributed by atoms with van der Waals surface area (Å²) in [6.45, 7) is 11.0. The van der Waals surface area contributed by atoms with Crippen LogP contribution in [0.4, 0.5) is 18.0 Å². The van der Waals surface area contributed by atoms with Crippen molar-refractivity contribution < 1.29 is 45.9 Å². The molecule has 0 radical (unpaired) electrons. The van der Waals surface area contributed by atoms with E-state index in [1.807, 2.05) is 0 Å². The minimum atomic E-state index is -4.69. The number of ether oxygens (including phenoxy) is 1. The minimum absolute atomic E-state index is 0.0639. The number of carboxylic acid groups (broad SMARTS) is 1. The Morgan fingerprint density at radius 1 is 0.851 bits per heavy atom. The topological polar surface area (TPSA) is 103 Å². The van der Waals surface area contributed by atoms with Gasteiger partial charge in [-0.2, -0.15) is 13.2 Å². The monoisotopic (exact) mass is 685 g/mol. The van der Waals surface area contributed by atoms with E-state index in [1.165, 1.54) is 63.3 Å². The van der Waals surface area contributed by atoms with Crippen molar-refractivity contribution in [2.45, 2.75) is 135 Å². The van der Waals surface area contributed by atoms with E-state index in [-0.39, 0.29) is 22.6 Å². The fourth-order valence-electron chi connectivity index (χ4n) is 6.88. The summed E-state index contributed by atoms with van der Waals surface area (Å²) in [5.74, 6) is 1.15. The van der Waals surface area contributed by atoms with E-state index in [0.29, 0.717) is 11.5 Å². The minimum Gasteiger partial charge on any atom is -0.490 e. The van der Waals surface area contributed by atoms with Crippen LogP contribution >= 0.6 is 7.82 Å². The molecule has 2 aliphatic rings. The smallest absolute Gasteiger partial charge is 0.475 e. The van der Waals surface area contributed by atoms with Crippen molar-refractivity contribution in [1.82, 2.24) is 5.32 Å². The molecule has 0 spiro atoms. The Hall–Kier alpha value is -2.33. The lowest BCUT2D eigenvalue weighted by Crippen LogP contribution is -2.46. The average molecular weight is 686 g/mol. The van der Waals surface area contributed by atoms with E-state index < -0.39 is 49.0 Å². The highest BCUT2D eigenvalue weighted by Crippen LogP contribution is 2.56. The Bertz CT molecular complexity index is 1420. The molecule has 1 amide bonds. The van der Waals surface area contributed by atoms with E-state index in [9.17, 15) is 27.6 Å². The highest BCUT2D eigenvalue weighted by Gasteiger charge is 2.42. The predicted octanol–water partition coefficient (Wildman–Crippen LogP) is 10.6. The van der Waals surface area contributed by atoms with Crippen LogP contribution in [-0.4, -0.2) is 35.1 Å². The van der Waals surface area contributed by atoms with Crippen molar-refractivity contribution in [2.75, 3.05) is 6.61 Å². The van der Waals surface area contributed by atoms with Gasteiger partial charge in [-0.1, -0.05) is 50.3 Å². The molecule has 47 heavy (non-hydrogen) atoms. The Labute approximate surface area is 276 Å². The number of benzene rings is 2. The molecule has 2 saturated carbocycles. The van der Waals surface area contributed by atoms with E-state index in [1.54, 1.807) is 47.6 Å². The fraction of sp³-hybridized carbons (Fsp3) is 0.686. The Balaban J connectivity index is 1.61. The van der Waals surface area contributed by atoms with Gasteiger partial charge in [0.2, 0.25) is 0 Å². The molecule has 2 N–H and O–H groups in total. The first-order valence-corrected chi connectivity index (χ1v) is 18.1. The lowest BCUT2D eigenvalue weighted by atomic mass is 9.73. The third kappa shape index (κ3) is 10.3. The molecule has 1 atom stereocenters. The maximum absolute atomic E-state index is 14.6. The average Bonchev–Trinajstić information content (AvgIpc) is 2.94. The summed E-state index contributed by atoms with van der Waals surface area (Å²) in [6, 6.07) is 7.11. The molecule has 4 rings (SSSR count). The molecule has 0 aliphatic heterocycles. The summed E-state index contributed by atoms with van der Waals surface area (Å²) in [5.41, 5.74) is -3.95.